The molecule has 0 saturated heterocycles. The second-order valence-corrected chi connectivity index (χ2v) is 9.72. The van der Waals surface area contributed by atoms with Crippen molar-refractivity contribution in [1.29, 1.82) is 0 Å². The molecule has 39 heavy (non-hydrogen) atoms. The number of hydrogen-bond acceptors (Lipinski definition) is 5. The van der Waals surface area contributed by atoms with E-state index >= 15 is 0 Å². The monoisotopic (exact) mass is 523 g/mol. The van der Waals surface area contributed by atoms with E-state index in [-0.39, 0.29) is 5.28 Å². The second kappa shape index (κ2) is 8.51. The van der Waals surface area contributed by atoms with Crippen LogP contribution in [-0.2, 0) is 0 Å². The predicted octanol–water partition coefficient (Wildman–Crippen LogP) is 9.32. The molecule has 0 fully saturated rings. The van der Waals surface area contributed by atoms with Crippen molar-refractivity contribution in [2.24, 2.45) is 0 Å². The van der Waals surface area contributed by atoms with Crippen LogP contribution in [0.3, 0.4) is 0 Å². The summed E-state index contributed by atoms with van der Waals surface area (Å²) in [5, 5.41) is 4.38. The third-order valence-corrected chi connectivity index (χ3v) is 7.28. The smallest absolute Gasteiger partial charge is 0.226 e. The van der Waals surface area contributed by atoms with Crippen LogP contribution in [0.4, 0.5) is 0 Å². The van der Waals surface area contributed by atoms with Crippen molar-refractivity contribution < 1.29 is 8.83 Å². The fourth-order valence-corrected chi connectivity index (χ4v) is 5.50. The minimum absolute atomic E-state index is 0.127. The van der Waals surface area contributed by atoms with Gasteiger partial charge in [0.15, 0.2) is 11.6 Å². The first kappa shape index (κ1) is 22.0. The standard InChI is InChI=1S/C33H18ClN3O2/c34-33-36-31(35-32(37-33)25-11-5-10-23-22-7-1-3-12-26(22)39-30(23)25)20-17-15-19(16-18-20)21-9-6-14-28-29(21)24-8-2-4-13-27(24)38-28/h1-18H. The quantitative estimate of drug-likeness (QED) is 0.231. The van der Waals surface area contributed by atoms with E-state index < -0.39 is 0 Å². The third-order valence-electron chi connectivity index (χ3n) is 7.11. The van der Waals surface area contributed by atoms with Gasteiger partial charge >= 0.3 is 0 Å². The maximum atomic E-state index is 6.41. The van der Waals surface area contributed by atoms with Crippen LogP contribution in [0.2, 0.25) is 5.28 Å². The number of benzene rings is 5. The van der Waals surface area contributed by atoms with Crippen LogP contribution >= 0.6 is 11.6 Å². The van der Waals surface area contributed by atoms with Crippen LogP contribution in [0.15, 0.2) is 118 Å². The normalized spacial score (nSPS) is 11.7. The van der Waals surface area contributed by atoms with E-state index in [2.05, 4.69) is 34.2 Å². The van der Waals surface area contributed by atoms with Crippen LogP contribution in [0.5, 0.6) is 0 Å². The lowest BCUT2D eigenvalue weighted by atomic mass is 9.98. The summed E-state index contributed by atoms with van der Waals surface area (Å²) in [5.41, 5.74) is 7.07. The number of hydrogen-bond donors (Lipinski definition) is 0. The number of rotatable bonds is 3. The van der Waals surface area contributed by atoms with Gasteiger partial charge in [-0.2, -0.15) is 9.97 Å². The lowest BCUT2D eigenvalue weighted by molar-refractivity contribution is 0.669. The highest BCUT2D eigenvalue weighted by Gasteiger charge is 2.17. The first-order valence-electron chi connectivity index (χ1n) is 12.6. The largest absolute Gasteiger partial charge is 0.456 e. The van der Waals surface area contributed by atoms with Gasteiger partial charge in [-0.25, -0.2) is 4.98 Å². The Balaban J connectivity index is 1.23. The van der Waals surface area contributed by atoms with Gasteiger partial charge in [-0.3, -0.25) is 0 Å². The van der Waals surface area contributed by atoms with E-state index in [9.17, 15) is 0 Å². The van der Waals surface area contributed by atoms with Gasteiger partial charge in [0.25, 0.3) is 0 Å². The van der Waals surface area contributed by atoms with Gasteiger partial charge in [-0.1, -0.05) is 84.9 Å². The van der Waals surface area contributed by atoms with Gasteiger partial charge in [0.2, 0.25) is 5.28 Å². The SMILES string of the molecule is Clc1nc(-c2ccc(-c3cccc4oc5ccccc5c34)cc2)nc(-c2cccc3c2oc2ccccc23)n1. The molecule has 0 atom stereocenters. The summed E-state index contributed by atoms with van der Waals surface area (Å²) in [5.74, 6) is 0.963. The number of fused-ring (bicyclic) bond motifs is 6. The molecule has 0 N–H and O–H groups in total. The van der Waals surface area contributed by atoms with Crippen LogP contribution in [0.25, 0.3) is 77.8 Å². The first-order valence-corrected chi connectivity index (χ1v) is 12.9. The molecule has 8 rings (SSSR count). The van der Waals surface area contributed by atoms with Crippen LogP contribution in [0, 0.1) is 0 Å². The van der Waals surface area contributed by atoms with Gasteiger partial charge in [0.1, 0.15) is 22.3 Å². The van der Waals surface area contributed by atoms with E-state index in [0.717, 1.165) is 66.1 Å². The molecule has 5 aromatic carbocycles. The molecule has 0 aliphatic rings. The molecule has 0 bridgehead atoms. The van der Waals surface area contributed by atoms with E-state index in [0.29, 0.717) is 11.6 Å². The number of para-hydroxylation sites is 3. The summed E-state index contributed by atoms with van der Waals surface area (Å²) in [4.78, 5) is 13.7. The summed E-state index contributed by atoms with van der Waals surface area (Å²) in [6.07, 6.45) is 0. The zero-order chi connectivity index (χ0) is 25.9. The summed E-state index contributed by atoms with van der Waals surface area (Å²) >= 11 is 6.41. The molecular weight excluding hydrogens is 506 g/mol. The highest BCUT2D eigenvalue weighted by molar-refractivity contribution is 6.28. The molecule has 0 spiro atoms. The maximum absolute atomic E-state index is 6.41. The first-order chi connectivity index (χ1) is 19.2. The van der Waals surface area contributed by atoms with Crippen molar-refractivity contribution in [3.8, 4) is 33.9 Å². The molecule has 0 unspecified atom stereocenters. The lowest BCUT2D eigenvalue weighted by Gasteiger charge is -2.08. The molecule has 8 aromatic rings. The van der Waals surface area contributed by atoms with E-state index in [1.165, 1.54) is 0 Å². The van der Waals surface area contributed by atoms with Crippen molar-refractivity contribution in [1.82, 2.24) is 15.0 Å². The van der Waals surface area contributed by atoms with Gasteiger partial charge in [0.05, 0.1) is 5.56 Å². The number of furan rings is 2. The van der Waals surface area contributed by atoms with Gasteiger partial charge in [-0.05, 0) is 47.0 Å². The summed E-state index contributed by atoms with van der Waals surface area (Å²) in [6.45, 7) is 0. The number of aromatic nitrogens is 3. The Morgan fingerprint density at radius 3 is 1.92 bits per heavy atom. The van der Waals surface area contributed by atoms with Gasteiger partial charge < -0.3 is 8.83 Å². The fourth-order valence-electron chi connectivity index (χ4n) is 5.34. The Labute approximate surface area is 227 Å². The molecule has 3 aromatic heterocycles. The Bertz CT molecular complexity index is 2200. The minimum atomic E-state index is 0.127. The Kier molecular flexibility index (Phi) is 4.81. The fraction of sp³-hybridized carbons (Fsp3) is 0. The minimum Gasteiger partial charge on any atom is -0.456 e. The zero-order valence-electron chi connectivity index (χ0n) is 20.4. The van der Waals surface area contributed by atoms with E-state index in [1.807, 2.05) is 84.9 Å². The van der Waals surface area contributed by atoms with Gasteiger partial charge in [0, 0.05) is 27.1 Å². The average Bonchev–Trinajstić information content (AvgIpc) is 3.55. The third kappa shape index (κ3) is 3.51. The molecule has 0 aliphatic heterocycles. The number of halogens is 1. The zero-order valence-corrected chi connectivity index (χ0v) is 21.2. The van der Waals surface area contributed by atoms with Crippen molar-refractivity contribution in [3.05, 3.63) is 114 Å². The Morgan fingerprint density at radius 2 is 1.08 bits per heavy atom. The number of nitrogens with zero attached hydrogens (tertiary/aromatic N) is 3. The molecule has 184 valence electrons. The summed E-state index contributed by atoms with van der Waals surface area (Å²) in [7, 11) is 0. The van der Waals surface area contributed by atoms with E-state index in [4.69, 9.17) is 25.4 Å². The van der Waals surface area contributed by atoms with E-state index in [1.54, 1.807) is 0 Å². The van der Waals surface area contributed by atoms with Crippen LogP contribution in [0.1, 0.15) is 0 Å². The molecule has 0 radical (unpaired) electrons. The van der Waals surface area contributed by atoms with Crippen LogP contribution < -0.4 is 0 Å². The summed E-state index contributed by atoms with van der Waals surface area (Å²) in [6, 6.07) is 36.3. The topological polar surface area (TPSA) is 65.0 Å². The van der Waals surface area contributed by atoms with Crippen molar-refractivity contribution in [2.75, 3.05) is 0 Å². The average molecular weight is 524 g/mol. The van der Waals surface area contributed by atoms with Crippen molar-refractivity contribution in [2.45, 2.75) is 0 Å². The highest BCUT2D eigenvalue weighted by Crippen LogP contribution is 2.38. The van der Waals surface area contributed by atoms with Crippen molar-refractivity contribution in [3.63, 3.8) is 0 Å². The summed E-state index contributed by atoms with van der Waals surface area (Å²) < 4.78 is 12.3. The maximum Gasteiger partial charge on any atom is 0.226 e. The molecule has 0 saturated carbocycles. The van der Waals surface area contributed by atoms with Gasteiger partial charge in [-0.15, -0.1) is 0 Å². The highest BCUT2D eigenvalue weighted by atomic mass is 35.5. The van der Waals surface area contributed by atoms with Crippen LogP contribution in [-0.4, -0.2) is 15.0 Å². The molecular formula is C33H18ClN3O2. The lowest BCUT2D eigenvalue weighted by Crippen LogP contribution is -1.97. The Morgan fingerprint density at radius 1 is 0.462 bits per heavy atom. The second-order valence-electron chi connectivity index (χ2n) is 9.39. The molecule has 0 aliphatic carbocycles. The molecule has 5 nitrogen and oxygen atoms in total. The molecule has 6 heteroatoms. The predicted molar refractivity (Wildman–Crippen MR) is 156 cm³/mol. The molecule has 3 heterocycles. The Hall–Kier alpha value is -5.00. The molecule has 0 amide bonds. The van der Waals surface area contributed by atoms with Crippen molar-refractivity contribution >= 4 is 55.5 Å².